The fraction of sp³-hybridized carbons (Fsp3) is 0.242. The second-order valence-corrected chi connectivity index (χ2v) is 11.3. The lowest BCUT2D eigenvalue weighted by atomic mass is 9.69. The number of amides is 2. The number of hydrogen-bond donors (Lipinski definition) is 1. The molecule has 2 heterocycles. The average Bonchev–Trinajstić information content (AvgIpc) is 3.16. The van der Waals surface area contributed by atoms with Crippen LogP contribution in [0.5, 0.6) is 0 Å². The van der Waals surface area contributed by atoms with Crippen molar-refractivity contribution in [2.24, 2.45) is 5.73 Å². The number of para-hydroxylation sites is 1. The summed E-state index contributed by atoms with van der Waals surface area (Å²) in [4.78, 5) is 32.1. The predicted octanol–water partition coefficient (Wildman–Crippen LogP) is 5.77. The minimum absolute atomic E-state index is 0.0862. The molecule has 3 aliphatic rings. The summed E-state index contributed by atoms with van der Waals surface area (Å²) in [5.41, 5.74) is 10.0. The zero-order valence-corrected chi connectivity index (χ0v) is 22.8. The van der Waals surface area contributed by atoms with Gasteiger partial charge in [-0.05, 0) is 61.9 Å². The van der Waals surface area contributed by atoms with Crippen LogP contribution in [-0.2, 0) is 28.0 Å². The Bertz CT molecular complexity index is 1660. The standard InChI is InChI=1S/C33H30N4O3/c1-32(2,3)40-31(39)37-29(35)24(19-34)28-23-14-8-7-13-22(23)17-18-26(28)33(37)25-15-9-10-16-27(25)36(30(33)38)20-21-11-5-4-6-12-21/h4-16H,17-18,20,35H2,1-3H3/t33-/m0/s1. The fourth-order valence-corrected chi connectivity index (χ4v) is 6.25. The quantitative estimate of drug-likeness (QED) is 0.453. The predicted molar refractivity (Wildman–Crippen MR) is 152 cm³/mol. The van der Waals surface area contributed by atoms with Gasteiger partial charge in [0.2, 0.25) is 0 Å². The Morgan fingerprint density at radius 1 is 1.00 bits per heavy atom. The van der Waals surface area contributed by atoms with E-state index in [2.05, 4.69) is 6.07 Å². The molecular formula is C33H30N4O3. The number of fused-ring (bicyclic) bond motifs is 5. The van der Waals surface area contributed by atoms with Gasteiger partial charge in [-0.3, -0.25) is 4.79 Å². The third-order valence-corrected chi connectivity index (χ3v) is 7.76. The molecule has 0 saturated carbocycles. The maximum absolute atomic E-state index is 15.0. The van der Waals surface area contributed by atoms with Crippen molar-refractivity contribution in [3.8, 4) is 6.07 Å². The average molecular weight is 531 g/mol. The summed E-state index contributed by atoms with van der Waals surface area (Å²) in [5, 5.41) is 10.4. The van der Waals surface area contributed by atoms with Gasteiger partial charge in [0.05, 0.1) is 12.2 Å². The molecule has 7 heteroatoms. The van der Waals surface area contributed by atoms with E-state index in [4.69, 9.17) is 10.5 Å². The van der Waals surface area contributed by atoms with Gasteiger partial charge in [-0.15, -0.1) is 0 Å². The minimum atomic E-state index is -1.60. The lowest BCUT2D eigenvalue weighted by Crippen LogP contribution is -2.60. The number of benzene rings is 3. The summed E-state index contributed by atoms with van der Waals surface area (Å²) in [6, 6.07) is 27.4. The Hall–Kier alpha value is -4.83. The number of aryl methyl sites for hydroxylation is 1. The maximum atomic E-state index is 15.0. The minimum Gasteiger partial charge on any atom is -0.443 e. The second-order valence-electron chi connectivity index (χ2n) is 11.3. The zero-order chi connectivity index (χ0) is 28.2. The Morgan fingerprint density at radius 3 is 2.40 bits per heavy atom. The van der Waals surface area contributed by atoms with E-state index in [1.54, 1.807) is 25.7 Å². The van der Waals surface area contributed by atoms with Gasteiger partial charge < -0.3 is 15.4 Å². The number of allylic oxidation sites excluding steroid dienone is 2. The van der Waals surface area contributed by atoms with E-state index in [-0.39, 0.29) is 17.3 Å². The Balaban J connectivity index is 1.67. The van der Waals surface area contributed by atoms with Gasteiger partial charge in [0.25, 0.3) is 5.91 Å². The van der Waals surface area contributed by atoms with Crippen molar-refractivity contribution in [2.75, 3.05) is 4.90 Å². The lowest BCUT2D eigenvalue weighted by Gasteiger charge is -2.47. The highest BCUT2D eigenvalue weighted by molar-refractivity contribution is 6.14. The molecule has 2 amide bonds. The van der Waals surface area contributed by atoms with Gasteiger partial charge in [-0.1, -0.05) is 72.8 Å². The number of nitrogens with two attached hydrogens (primary N) is 1. The number of carbonyl (C=O) groups excluding carboxylic acids is 2. The summed E-state index contributed by atoms with van der Waals surface area (Å²) in [6.07, 6.45) is 0.363. The van der Waals surface area contributed by atoms with E-state index < -0.39 is 17.2 Å². The van der Waals surface area contributed by atoms with E-state index in [0.717, 1.165) is 16.7 Å². The van der Waals surface area contributed by atoms with E-state index in [9.17, 15) is 10.1 Å². The summed E-state index contributed by atoms with van der Waals surface area (Å²) >= 11 is 0. The molecule has 40 heavy (non-hydrogen) atoms. The van der Waals surface area contributed by atoms with Crippen molar-refractivity contribution >= 4 is 23.3 Å². The molecule has 3 aromatic carbocycles. The zero-order valence-electron chi connectivity index (χ0n) is 22.8. The normalized spacial score (nSPS) is 19.8. The van der Waals surface area contributed by atoms with Crippen LogP contribution in [0.1, 0.15) is 49.4 Å². The van der Waals surface area contributed by atoms with Crippen LogP contribution in [0.4, 0.5) is 10.5 Å². The molecule has 0 radical (unpaired) electrons. The Labute approximate surface area is 233 Å². The molecule has 200 valence electrons. The highest BCUT2D eigenvalue weighted by Gasteiger charge is 2.63. The van der Waals surface area contributed by atoms with Crippen molar-refractivity contribution in [1.82, 2.24) is 4.90 Å². The van der Waals surface area contributed by atoms with Crippen molar-refractivity contribution in [3.63, 3.8) is 0 Å². The number of hydrogen-bond acceptors (Lipinski definition) is 5. The molecule has 1 aliphatic carbocycles. The highest BCUT2D eigenvalue weighted by Crippen LogP contribution is 2.57. The van der Waals surface area contributed by atoms with Crippen LogP contribution in [0.3, 0.4) is 0 Å². The van der Waals surface area contributed by atoms with Crippen LogP contribution in [-0.4, -0.2) is 22.5 Å². The molecule has 0 saturated heterocycles. The Morgan fingerprint density at radius 2 is 1.68 bits per heavy atom. The van der Waals surface area contributed by atoms with E-state index in [0.29, 0.717) is 41.8 Å². The number of nitriles is 1. The van der Waals surface area contributed by atoms with Crippen LogP contribution in [0, 0.1) is 11.3 Å². The lowest BCUT2D eigenvalue weighted by molar-refractivity contribution is -0.127. The SMILES string of the molecule is CC(C)(C)OC(=O)N1C(N)=C(C#N)C2=C(CCc3ccccc32)[C@@]12C(=O)N(Cc1ccccc1)c1ccccc12. The molecule has 6 rings (SSSR count). The third kappa shape index (κ3) is 3.64. The van der Waals surface area contributed by atoms with Crippen LogP contribution < -0.4 is 10.6 Å². The smallest absolute Gasteiger partial charge is 0.417 e. The largest absolute Gasteiger partial charge is 0.443 e. The first kappa shape index (κ1) is 25.4. The molecule has 1 spiro atoms. The first-order valence-corrected chi connectivity index (χ1v) is 13.4. The van der Waals surface area contributed by atoms with Gasteiger partial charge in [0.15, 0.2) is 5.54 Å². The van der Waals surface area contributed by atoms with E-state index >= 15 is 4.79 Å². The molecule has 2 aliphatic heterocycles. The summed E-state index contributed by atoms with van der Waals surface area (Å²) in [7, 11) is 0. The molecule has 0 fully saturated rings. The van der Waals surface area contributed by atoms with Gasteiger partial charge in [-0.25, -0.2) is 9.69 Å². The first-order chi connectivity index (χ1) is 19.2. The van der Waals surface area contributed by atoms with Gasteiger partial charge in [0.1, 0.15) is 23.1 Å². The summed E-state index contributed by atoms with van der Waals surface area (Å²) in [6.45, 7) is 5.61. The molecule has 7 nitrogen and oxygen atoms in total. The number of anilines is 1. The molecule has 3 aromatic rings. The number of nitrogens with zero attached hydrogens (tertiary/aromatic N) is 3. The van der Waals surface area contributed by atoms with Crippen molar-refractivity contribution in [3.05, 3.63) is 118 Å². The molecule has 0 bridgehead atoms. The highest BCUT2D eigenvalue weighted by atomic mass is 16.6. The van der Waals surface area contributed by atoms with E-state index in [1.807, 2.05) is 78.9 Å². The van der Waals surface area contributed by atoms with Gasteiger partial charge >= 0.3 is 6.09 Å². The van der Waals surface area contributed by atoms with Crippen LogP contribution >= 0.6 is 0 Å². The van der Waals surface area contributed by atoms with Crippen molar-refractivity contribution in [1.29, 1.82) is 5.26 Å². The third-order valence-electron chi connectivity index (χ3n) is 7.76. The molecule has 0 unspecified atom stereocenters. The monoisotopic (exact) mass is 530 g/mol. The Kier molecular flexibility index (Phi) is 5.81. The number of rotatable bonds is 2. The molecule has 1 atom stereocenters. The van der Waals surface area contributed by atoms with Crippen molar-refractivity contribution in [2.45, 2.75) is 51.3 Å². The number of ether oxygens (including phenoxy) is 1. The maximum Gasteiger partial charge on any atom is 0.417 e. The summed E-state index contributed by atoms with van der Waals surface area (Å²) < 4.78 is 5.86. The fourth-order valence-electron chi connectivity index (χ4n) is 6.25. The van der Waals surface area contributed by atoms with Gasteiger partial charge in [-0.2, -0.15) is 5.26 Å². The summed E-state index contributed by atoms with van der Waals surface area (Å²) in [5.74, 6) is -0.382. The van der Waals surface area contributed by atoms with Crippen LogP contribution in [0.15, 0.2) is 95.8 Å². The molecule has 2 N–H and O–H groups in total. The van der Waals surface area contributed by atoms with Gasteiger partial charge in [0, 0.05) is 11.1 Å². The topological polar surface area (TPSA) is 99.7 Å². The van der Waals surface area contributed by atoms with E-state index in [1.165, 1.54) is 4.90 Å². The second kappa shape index (κ2) is 9.13. The number of carbonyl (C=O) groups is 2. The van der Waals surface area contributed by atoms with Crippen molar-refractivity contribution < 1.29 is 14.3 Å². The molecular weight excluding hydrogens is 500 g/mol. The van der Waals surface area contributed by atoms with Crippen LogP contribution in [0.2, 0.25) is 0 Å². The first-order valence-electron chi connectivity index (χ1n) is 13.4. The molecule has 0 aromatic heterocycles. The van der Waals surface area contributed by atoms with Crippen LogP contribution in [0.25, 0.3) is 5.57 Å².